The number of nitrogens with one attached hydrogen (secondary N) is 2. The highest BCUT2D eigenvalue weighted by Gasteiger charge is 2.20. The zero-order chi connectivity index (χ0) is 29.6. The first-order valence-electron chi connectivity index (χ1n) is 13.9. The molecule has 0 atom stereocenters. The first-order valence-corrected chi connectivity index (χ1v) is 15.6. The summed E-state index contributed by atoms with van der Waals surface area (Å²) in [4.78, 5) is 20.7. The molecule has 0 bridgehead atoms. The van der Waals surface area contributed by atoms with Crippen molar-refractivity contribution in [3.63, 3.8) is 0 Å². The number of allylic oxidation sites excluding steroid dienone is 2. The van der Waals surface area contributed by atoms with E-state index < -0.39 is 0 Å². The SMILES string of the molecule is CC/C=C(\Cc1ncccc1OC)Nc1nncs1.COc1cccnc1CC(=O)Nc1nnc(C2CCCCC2)s1. The van der Waals surface area contributed by atoms with Crippen LogP contribution in [0.3, 0.4) is 0 Å². The molecule has 13 heteroatoms. The van der Waals surface area contributed by atoms with Crippen LogP contribution < -0.4 is 20.1 Å². The number of pyridine rings is 2. The summed E-state index contributed by atoms with van der Waals surface area (Å²) in [6.07, 6.45) is 13.5. The Kier molecular flexibility index (Phi) is 12.1. The van der Waals surface area contributed by atoms with Crippen LogP contribution in [0.5, 0.6) is 11.5 Å². The largest absolute Gasteiger partial charge is 0.495 e. The number of methoxy groups -OCH3 is 2. The highest BCUT2D eigenvalue weighted by Crippen LogP contribution is 2.35. The fraction of sp³-hybridized carbons (Fsp3) is 0.414. The van der Waals surface area contributed by atoms with Crippen LogP contribution in [0, 0.1) is 0 Å². The molecule has 42 heavy (non-hydrogen) atoms. The molecule has 0 aromatic carbocycles. The quantitative estimate of drug-likeness (QED) is 0.207. The smallest absolute Gasteiger partial charge is 0.232 e. The van der Waals surface area contributed by atoms with E-state index >= 15 is 0 Å². The minimum atomic E-state index is -0.159. The van der Waals surface area contributed by atoms with Crippen molar-refractivity contribution >= 4 is 38.8 Å². The third kappa shape index (κ3) is 9.28. The maximum Gasteiger partial charge on any atom is 0.232 e. The minimum Gasteiger partial charge on any atom is -0.495 e. The second kappa shape index (κ2) is 16.5. The molecule has 0 unspecified atom stereocenters. The zero-order valence-corrected chi connectivity index (χ0v) is 25.7. The second-order valence-electron chi connectivity index (χ2n) is 9.49. The molecule has 0 aliphatic heterocycles. The number of hydrogen-bond acceptors (Lipinski definition) is 12. The van der Waals surface area contributed by atoms with Crippen LogP contribution in [0.4, 0.5) is 10.3 Å². The topological polar surface area (TPSA) is 137 Å². The van der Waals surface area contributed by atoms with Crippen molar-refractivity contribution in [1.29, 1.82) is 0 Å². The number of aromatic nitrogens is 6. The van der Waals surface area contributed by atoms with E-state index in [4.69, 9.17) is 9.47 Å². The minimum absolute atomic E-state index is 0.155. The lowest BCUT2D eigenvalue weighted by Gasteiger charge is -2.18. The third-order valence-corrected chi connectivity index (χ3v) is 8.15. The van der Waals surface area contributed by atoms with Crippen molar-refractivity contribution in [1.82, 2.24) is 30.4 Å². The maximum absolute atomic E-state index is 12.2. The average Bonchev–Trinajstić information content (AvgIpc) is 3.71. The van der Waals surface area contributed by atoms with E-state index in [0.29, 0.717) is 28.9 Å². The molecule has 2 N–H and O–H groups in total. The molecule has 1 saturated carbocycles. The van der Waals surface area contributed by atoms with E-state index in [1.807, 2.05) is 12.1 Å². The number of hydrogen-bond donors (Lipinski definition) is 2. The summed E-state index contributed by atoms with van der Waals surface area (Å²) in [5, 5.41) is 24.6. The summed E-state index contributed by atoms with van der Waals surface area (Å²) >= 11 is 2.95. The molecule has 4 aromatic heterocycles. The van der Waals surface area contributed by atoms with E-state index in [1.54, 1.807) is 44.3 Å². The van der Waals surface area contributed by atoms with Crippen LogP contribution in [0.1, 0.15) is 67.8 Å². The third-order valence-electron chi connectivity index (χ3n) is 6.54. The van der Waals surface area contributed by atoms with Crippen molar-refractivity contribution in [3.8, 4) is 11.5 Å². The lowest BCUT2D eigenvalue weighted by Crippen LogP contribution is -2.15. The van der Waals surface area contributed by atoms with Gasteiger partial charge in [-0.3, -0.25) is 14.8 Å². The molecule has 222 valence electrons. The number of rotatable bonds is 11. The molecule has 1 aliphatic rings. The fourth-order valence-corrected chi connectivity index (χ4v) is 5.97. The number of amides is 1. The molecule has 0 radical (unpaired) electrons. The first kappa shape index (κ1) is 31.0. The number of ether oxygens (including phenoxy) is 2. The van der Waals surface area contributed by atoms with Crippen LogP contribution in [0.25, 0.3) is 0 Å². The molecule has 0 spiro atoms. The highest BCUT2D eigenvalue weighted by atomic mass is 32.1. The molecule has 1 amide bonds. The second-order valence-corrected chi connectivity index (χ2v) is 11.3. The van der Waals surface area contributed by atoms with Gasteiger partial charge in [0.15, 0.2) is 0 Å². The van der Waals surface area contributed by atoms with E-state index in [0.717, 1.165) is 33.7 Å². The van der Waals surface area contributed by atoms with Crippen molar-refractivity contribution < 1.29 is 14.3 Å². The summed E-state index contributed by atoms with van der Waals surface area (Å²) in [6.45, 7) is 2.09. The van der Waals surface area contributed by atoms with Gasteiger partial charge >= 0.3 is 0 Å². The molecular formula is C29H36N8O3S2. The van der Waals surface area contributed by atoms with Gasteiger partial charge in [0.2, 0.25) is 16.2 Å². The summed E-state index contributed by atoms with van der Waals surface area (Å²) < 4.78 is 10.5. The number of nitrogens with zero attached hydrogens (tertiary/aromatic N) is 6. The Morgan fingerprint density at radius 3 is 2.24 bits per heavy atom. The van der Waals surface area contributed by atoms with E-state index in [1.165, 1.54) is 54.8 Å². The van der Waals surface area contributed by atoms with Gasteiger partial charge in [0.05, 0.1) is 32.0 Å². The lowest BCUT2D eigenvalue weighted by molar-refractivity contribution is -0.115. The van der Waals surface area contributed by atoms with E-state index in [2.05, 4.69) is 54.0 Å². The molecule has 4 aromatic rings. The normalized spacial score (nSPS) is 13.5. The monoisotopic (exact) mass is 608 g/mol. The fourth-order valence-electron chi connectivity index (χ4n) is 4.56. The average molecular weight is 609 g/mol. The van der Waals surface area contributed by atoms with Crippen molar-refractivity contribution in [2.45, 2.75) is 64.2 Å². The summed E-state index contributed by atoms with van der Waals surface area (Å²) in [5.41, 5.74) is 4.27. The Labute approximate surface area is 253 Å². The van der Waals surface area contributed by atoms with Gasteiger partial charge in [0.1, 0.15) is 22.0 Å². The van der Waals surface area contributed by atoms with Gasteiger partial charge in [0, 0.05) is 30.4 Å². The molecule has 5 rings (SSSR count). The standard InChI is InChI=1S/C16H20N4O2S.C13H16N4OS/c1-22-13-8-5-9-17-12(13)10-14(21)18-16-20-19-15(23-16)11-6-3-2-4-7-11;1-3-5-10(16-13-17-15-9-19-13)8-11-12(18-2)6-4-7-14-11/h5,8-9,11H,2-4,6-7,10H2,1H3,(H,18,20,21);4-7,9H,3,8H2,1-2H3,(H,16,17)/b;10-5+. The van der Waals surface area contributed by atoms with Gasteiger partial charge < -0.3 is 20.1 Å². The molecule has 1 fully saturated rings. The van der Waals surface area contributed by atoms with Crippen LogP contribution in [-0.2, 0) is 17.6 Å². The number of anilines is 2. The van der Waals surface area contributed by atoms with Gasteiger partial charge in [-0.05, 0) is 43.5 Å². The lowest BCUT2D eigenvalue weighted by atomic mass is 9.90. The van der Waals surface area contributed by atoms with Gasteiger partial charge in [-0.15, -0.1) is 20.4 Å². The molecule has 0 saturated heterocycles. The summed E-state index contributed by atoms with van der Waals surface area (Å²) in [6, 6.07) is 7.35. The zero-order valence-electron chi connectivity index (χ0n) is 24.1. The van der Waals surface area contributed by atoms with Crippen molar-refractivity contribution in [3.05, 3.63) is 70.3 Å². The Morgan fingerprint density at radius 2 is 1.62 bits per heavy atom. The Morgan fingerprint density at radius 1 is 0.929 bits per heavy atom. The van der Waals surface area contributed by atoms with Crippen LogP contribution in [0.2, 0.25) is 0 Å². The molecule has 1 aliphatic carbocycles. The van der Waals surface area contributed by atoms with Gasteiger partial charge in [-0.2, -0.15) is 0 Å². The summed E-state index contributed by atoms with van der Waals surface area (Å²) in [7, 11) is 3.22. The van der Waals surface area contributed by atoms with Gasteiger partial charge in [-0.1, -0.05) is 54.9 Å². The van der Waals surface area contributed by atoms with E-state index in [-0.39, 0.29) is 12.3 Å². The van der Waals surface area contributed by atoms with Crippen molar-refractivity contribution in [2.75, 3.05) is 24.9 Å². The number of carbonyl (C=O) groups excluding carboxylic acids is 1. The van der Waals surface area contributed by atoms with Gasteiger partial charge in [-0.25, -0.2) is 0 Å². The van der Waals surface area contributed by atoms with Crippen LogP contribution >= 0.6 is 22.7 Å². The Balaban J connectivity index is 0.000000197. The van der Waals surface area contributed by atoms with E-state index in [9.17, 15) is 4.79 Å². The van der Waals surface area contributed by atoms with Crippen LogP contribution in [-0.4, -0.2) is 50.5 Å². The van der Waals surface area contributed by atoms with Gasteiger partial charge in [0.25, 0.3) is 0 Å². The maximum atomic E-state index is 12.2. The molecule has 11 nitrogen and oxygen atoms in total. The first-order chi connectivity index (χ1) is 20.6. The molecular weight excluding hydrogens is 573 g/mol. The predicted molar refractivity (Wildman–Crippen MR) is 165 cm³/mol. The number of carbonyl (C=O) groups is 1. The Bertz CT molecular complexity index is 1420. The summed E-state index contributed by atoms with van der Waals surface area (Å²) in [5.74, 6) is 1.75. The Hall–Kier alpha value is -3.97. The molecule has 4 heterocycles. The van der Waals surface area contributed by atoms with Crippen LogP contribution in [0.15, 0.2) is 53.9 Å². The highest BCUT2D eigenvalue weighted by molar-refractivity contribution is 7.15. The van der Waals surface area contributed by atoms with Crippen molar-refractivity contribution in [2.24, 2.45) is 0 Å². The predicted octanol–water partition coefficient (Wildman–Crippen LogP) is 6.06.